The summed E-state index contributed by atoms with van der Waals surface area (Å²) in [7, 11) is 0. The molecule has 2 aromatic rings. The minimum Gasteiger partial charge on any atom is -0.477 e. The van der Waals surface area contributed by atoms with Crippen LogP contribution in [0.1, 0.15) is 30.5 Å². The fourth-order valence-electron chi connectivity index (χ4n) is 1.68. The molecule has 0 bridgehead atoms. The van der Waals surface area contributed by atoms with Crippen LogP contribution in [0, 0.1) is 13.8 Å². The molecule has 2 N–H and O–H groups in total. The molecule has 0 amide bonds. The number of hydrogen-bond acceptors (Lipinski definition) is 4. The molecular weight excluding hydrogens is 248 g/mol. The highest BCUT2D eigenvalue weighted by Gasteiger charge is 2.22. The maximum atomic E-state index is 10.9. The molecule has 0 atom stereocenters. The topological polar surface area (TPSA) is 74.6 Å². The predicted octanol–water partition coefficient (Wildman–Crippen LogP) is 2.98. The second-order valence-electron chi connectivity index (χ2n) is 3.39. The lowest BCUT2D eigenvalue weighted by atomic mass is 10.1. The number of thiophene rings is 2. The highest BCUT2D eigenvalue weighted by atomic mass is 32.2. The summed E-state index contributed by atoms with van der Waals surface area (Å²) in [6.45, 7) is 3.43. The van der Waals surface area contributed by atoms with Gasteiger partial charge < -0.3 is 10.2 Å². The Morgan fingerprint density at radius 3 is 1.56 bits per heavy atom. The molecule has 0 saturated carbocycles. The van der Waals surface area contributed by atoms with E-state index in [0.29, 0.717) is 20.9 Å². The third kappa shape index (κ3) is 1.42. The second-order valence-corrected chi connectivity index (χ2v) is 5.68. The van der Waals surface area contributed by atoms with Gasteiger partial charge in [0.15, 0.2) is 0 Å². The van der Waals surface area contributed by atoms with Crippen molar-refractivity contribution in [3.05, 3.63) is 20.9 Å². The average Bonchev–Trinajstić information content (AvgIpc) is 2.66. The fraction of sp³-hybridized carbons (Fsp3) is 0.200. The van der Waals surface area contributed by atoms with Crippen LogP contribution >= 0.6 is 22.7 Å². The Morgan fingerprint density at radius 2 is 1.31 bits per heavy atom. The van der Waals surface area contributed by atoms with E-state index in [0.717, 1.165) is 32.1 Å². The van der Waals surface area contributed by atoms with Crippen molar-refractivity contribution in [1.82, 2.24) is 0 Å². The number of aryl methyl sites for hydroxylation is 2. The van der Waals surface area contributed by atoms with Crippen molar-refractivity contribution in [1.29, 1.82) is 0 Å². The molecule has 2 rings (SSSR count). The second kappa shape index (κ2) is 3.57. The van der Waals surface area contributed by atoms with Gasteiger partial charge in [-0.3, -0.25) is 0 Å². The number of aromatic carboxylic acids is 2. The van der Waals surface area contributed by atoms with Crippen LogP contribution < -0.4 is 0 Å². The van der Waals surface area contributed by atoms with Crippen LogP contribution in [0.5, 0.6) is 0 Å². The molecule has 16 heavy (non-hydrogen) atoms. The van der Waals surface area contributed by atoms with E-state index in [9.17, 15) is 9.59 Å². The number of hydrogen-bond donors (Lipinski definition) is 2. The lowest BCUT2D eigenvalue weighted by molar-refractivity contribution is 0.0691. The molecule has 4 nitrogen and oxygen atoms in total. The van der Waals surface area contributed by atoms with Gasteiger partial charge >= 0.3 is 11.9 Å². The largest absolute Gasteiger partial charge is 0.477 e. The van der Waals surface area contributed by atoms with Crippen molar-refractivity contribution in [3.63, 3.8) is 0 Å². The maximum absolute atomic E-state index is 10.9. The first kappa shape index (κ1) is 11.1. The molecule has 0 radical (unpaired) electrons. The Labute approximate surface area is 98.8 Å². The first-order valence-corrected chi connectivity index (χ1v) is 6.05. The van der Waals surface area contributed by atoms with Crippen LogP contribution in [-0.4, -0.2) is 22.2 Å². The van der Waals surface area contributed by atoms with E-state index in [1.54, 1.807) is 13.8 Å². The molecule has 0 aliphatic carbocycles. The lowest BCUT2D eigenvalue weighted by Gasteiger charge is -1.94. The smallest absolute Gasteiger partial charge is 0.346 e. The molecule has 2 aromatic heterocycles. The molecule has 0 spiro atoms. The van der Waals surface area contributed by atoms with Crippen LogP contribution in [0.25, 0.3) is 9.40 Å². The molecule has 0 aromatic carbocycles. The molecule has 0 unspecified atom stereocenters. The van der Waals surface area contributed by atoms with Crippen LogP contribution in [0.4, 0.5) is 0 Å². The zero-order valence-electron chi connectivity index (χ0n) is 8.53. The summed E-state index contributed by atoms with van der Waals surface area (Å²) in [6.07, 6.45) is 0. The predicted molar refractivity (Wildman–Crippen MR) is 63.1 cm³/mol. The Kier molecular flexibility index (Phi) is 2.47. The van der Waals surface area contributed by atoms with E-state index >= 15 is 0 Å². The van der Waals surface area contributed by atoms with Gasteiger partial charge in [-0.05, 0) is 25.0 Å². The quantitative estimate of drug-likeness (QED) is 0.866. The van der Waals surface area contributed by atoms with Crippen molar-refractivity contribution in [2.24, 2.45) is 0 Å². The molecule has 6 heteroatoms. The molecule has 0 saturated heterocycles. The Balaban J connectivity index is 2.79. The summed E-state index contributed by atoms with van der Waals surface area (Å²) in [5, 5.41) is 18.7. The van der Waals surface area contributed by atoms with Crippen molar-refractivity contribution in [2.75, 3.05) is 0 Å². The molecule has 84 valence electrons. The van der Waals surface area contributed by atoms with E-state index in [1.165, 1.54) is 0 Å². The Hall–Kier alpha value is -1.40. The van der Waals surface area contributed by atoms with Crippen LogP contribution in [-0.2, 0) is 0 Å². The lowest BCUT2D eigenvalue weighted by Crippen LogP contribution is -1.96. The van der Waals surface area contributed by atoms with Gasteiger partial charge in [-0.25, -0.2) is 9.59 Å². The normalized spacial score (nSPS) is 10.9. The third-order valence-corrected chi connectivity index (χ3v) is 5.06. The average molecular weight is 256 g/mol. The molecule has 0 aliphatic heterocycles. The van der Waals surface area contributed by atoms with Gasteiger partial charge in [-0.2, -0.15) is 0 Å². The van der Waals surface area contributed by atoms with Gasteiger partial charge in [0.1, 0.15) is 9.75 Å². The number of carbonyl (C=O) groups is 2. The molecular formula is C10H8O4S2. The highest BCUT2D eigenvalue weighted by molar-refractivity contribution is 7.40. The molecule has 0 aliphatic rings. The first-order valence-electron chi connectivity index (χ1n) is 4.42. The van der Waals surface area contributed by atoms with Crippen molar-refractivity contribution >= 4 is 44.0 Å². The van der Waals surface area contributed by atoms with Crippen molar-refractivity contribution in [2.45, 2.75) is 13.8 Å². The standard InChI is InChI=1S/C10H8O4S2/c1-3-5-4(2)7(9(13)14)16-10(5)15-6(3)8(11)12/h1-2H3,(H,11,12)(H,13,14). The minimum atomic E-state index is -0.956. The van der Waals surface area contributed by atoms with E-state index in [4.69, 9.17) is 10.2 Å². The van der Waals surface area contributed by atoms with Gasteiger partial charge in [-0.15, -0.1) is 22.7 Å². The van der Waals surface area contributed by atoms with E-state index in [2.05, 4.69) is 0 Å². The van der Waals surface area contributed by atoms with Gasteiger partial charge in [0.25, 0.3) is 0 Å². The Bertz CT molecular complexity index is 556. The minimum absolute atomic E-state index is 0.293. The molecule has 2 heterocycles. The summed E-state index contributed by atoms with van der Waals surface area (Å²) < 4.78 is 0.768. The first-order chi connectivity index (χ1) is 7.43. The zero-order valence-corrected chi connectivity index (χ0v) is 10.2. The van der Waals surface area contributed by atoms with Crippen LogP contribution in [0.15, 0.2) is 0 Å². The summed E-state index contributed by atoms with van der Waals surface area (Å²) in [5.74, 6) is -1.91. The molecule has 0 fully saturated rings. The van der Waals surface area contributed by atoms with Crippen molar-refractivity contribution < 1.29 is 19.8 Å². The van der Waals surface area contributed by atoms with Gasteiger partial charge in [0.2, 0.25) is 0 Å². The fourth-order valence-corrected chi connectivity index (χ4v) is 4.22. The number of carboxylic acids is 2. The summed E-state index contributed by atoms with van der Waals surface area (Å²) in [6, 6.07) is 0. The maximum Gasteiger partial charge on any atom is 0.346 e. The number of carboxylic acid groups (broad SMARTS) is 2. The van der Waals surface area contributed by atoms with Gasteiger partial charge in [-0.1, -0.05) is 0 Å². The summed E-state index contributed by atoms with van der Waals surface area (Å²) in [5.41, 5.74) is 1.32. The number of rotatable bonds is 2. The van der Waals surface area contributed by atoms with Crippen LogP contribution in [0.2, 0.25) is 0 Å². The van der Waals surface area contributed by atoms with E-state index < -0.39 is 11.9 Å². The van der Waals surface area contributed by atoms with Gasteiger partial charge in [0.05, 0.1) is 4.01 Å². The van der Waals surface area contributed by atoms with E-state index in [-0.39, 0.29) is 0 Å². The highest BCUT2D eigenvalue weighted by Crippen LogP contribution is 2.40. The Morgan fingerprint density at radius 1 is 0.938 bits per heavy atom. The summed E-state index contributed by atoms with van der Waals surface area (Å²) in [4.78, 5) is 22.4. The van der Waals surface area contributed by atoms with Gasteiger partial charge in [0, 0.05) is 5.39 Å². The third-order valence-electron chi connectivity index (χ3n) is 2.41. The monoisotopic (exact) mass is 256 g/mol. The zero-order chi connectivity index (χ0) is 12.0. The summed E-state index contributed by atoms with van der Waals surface area (Å²) >= 11 is 2.28. The number of fused-ring (bicyclic) bond motifs is 1. The SMILES string of the molecule is Cc1c(C(=O)O)sc2sc(C(=O)O)c(C)c12. The van der Waals surface area contributed by atoms with Crippen molar-refractivity contribution in [3.8, 4) is 0 Å². The van der Waals surface area contributed by atoms with Crippen LogP contribution in [0.3, 0.4) is 0 Å². The van der Waals surface area contributed by atoms with E-state index in [1.807, 2.05) is 0 Å².